The fraction of sp³-hybridized carbons (Fsp3) is 0. The Labute approximate surface area is 104 Å². The molecule has 0 unspecified atom stereocenters. The van der Waals surface area contributed by atoms with Crippen molar-refractivity contribution in [3.63, 3.8) is 0 Å². The van der Waals surface area contributed by atoms with Crippen LogP contribution < -0.4 is 0 Å². The summed E-state index contributed by atoms with van der Waals surface area (Å²) in [6.45, 7) is 0. The minimum Gasteiger partial charge on any atom is -0.452 e. The number of nitrogens with zero attached hydrogens (tertiary/aromatic N) is 1. The van der Waals surface area contributed by atoms with Crippen LogP contribution in [0.25, 0.3) is 21.8 Å². The maximum absolute atomic E-state index is 4.47. The van der Waals surface area contributed by atoms with Gasteiger partial charge in [-0.25, -0.2) is 4.98 Å². The van der Waals surface area contributed by atoms with Crippen molar-refractivity contribution in [1.29, 1.82) is 0 Å². The number of benzene rings is 2. The van der Waals surface area contributed by atoms with Gasteiger partial charge in [-0.1, -0.05) is 36.4 Å². The van der Waals surface area contributed by atoms with E-state index >= 15 is 0 Å². The highest BCUT2D eigenvalue weighted by Crippen LogP contribution is 2.24. The zero-order valence-corrected chi connectivity index (χ0v) is 9.71. The maximum atomic E-state index is 4.47. The largest absolute Gasteiger partial charge is 0.452 e. The van der Waals surface area contributed by atoms with E-state index in [0.29, 0.717) is 0 Å². The van der Waals surface area contributed by atoms with E-state index in [-0.39, 0.29) is 0 Å². The van der Waals surface area contributed by atoms with Crippen LogP contribution in [-0.2, 0) is 0 Å². The molecule has 4 rings (SSSR count). The fourth-order valence-corrected chi connectivity index (χ4v) is 1.97. The first-order chi connectivity index (χ1) is 8.95. The third kappa shape index (κ3) is 1.98. The third-order valence-corrected chi connectivity index (χ3v) is 2.76. The number of oxazole rings is 1. The van der Waals surface area contributed by atoms with Crippen LogP contribution in [0.4, 0.5) is 0 Å². The lowest BCUT2D eigenvalue weighted by molar-refractivity contribution is 0.558. The average molecular weight is 236 g/mol. The van der Waals surface area contributed by atoms with Crippen LogP contribution >= 0.6 is 0 Å². The molecule has 0 saturated heterocycles. The maximum Gasteiger partial charge on any atom is 0.180 e. The summed E-state index contributed by atoms with van der Waals surface area (Å²) in [7, 11) is 0. The van der Waals surface area contributed by atoms with Crippen LogP contribution in [0.1, 0.15) is 0 Å². The molecule has 2 aromatic heterocycles. The second-order valence-electron chi connectivity index (χ2n) is 3.89. The summed E-state index contributed by atoms with van der Waals surface area (Å²) in [5.74, 6) is 0. The van der Waals surface area contributed by atoms with Crippen LogP contribution in [0.15, 0.2) is 71.8 Å². The quantitative estimate of drug-likeness (QED) is 0.501. The molecule has 0 atom stereocenters. The Morgan fingerprint density at radius 2 is 1.44 bits per heavy atom. The van der Waals surface area contributed by atoms with Crippen molar-refractivity contribution in [2.24, 2.45) is 0 Å². The number of hydrogen-bond donors (Lipinski definition) is 1. The molecular formula is C15H12N2O. The van der Waals surface area contributed by atoms with E-state index in [1.807, 2.05) is 0 Å². The highest BCUT2D eigenvalue weighted by Gasteiger charge is 2.00. The Hall–Kier alpha value is -2.55. The summed E-state index contributed by atoms with van der Waals surface area (Å²) >= 11 is 0. The van der Waals surface area contributed by atoms with Gasteiger partial charge in [0, 0.05) is 21.8 Å². The molecule has 0 radical (unpaired) electrons. The van der Waals surface area contributed by atoms with E-state index < -0.39 is 0 Å². The van der Waals surface area contributed by atoms with E-state index in [4.69, 9.17) is 0 Å². The number of rotatable bonds is 0. The molecule has 0 aliphatic carbocycles. The lowest BCUT2D eigenvalue weighted by Gasteiger charge is -1.87. The van der Waals surface area contributed by atoms with Crippen molar-refractivity contribution in [1.82, 2.24) is 9.97 Å². The van der Waals surface area contributed by atoms with Gasteiger partial charge in [-0.05, 0) is 12.1 Å². The molecule has 0 saturated carbocycles. The van der Waals surface area contributed by atoms with Gasteiger partial charge in [0.25, 0.3) is 0 Å². The van der Waals surface area contributed by atoms with Crippen molar-refractivity contribution in [2.45, 2.75) is 0 Å². The summed E-state index contributed by atoms with van der Waals surface area (Å²) in [4.78, 5) is 6.93. The Kier molecular flexibility index (Phi) is 2.80. The van der Waals surface area contributed by atoms with Crippen LogP contribution in [0, 0.1) is 0 Å². The Bertz CT molecular complexity index is 674. The number of fused-ring (bicyclic) bond motifs is 3. The smallest absolute Gasteiger partial charge is 0.180 e. The summed E-state index contributed by atoms with van der Waals surface area (Å²) in [5, 5.41) is 2.61. The number of aromatic amines is 1. The summed E-state index contributed by atoms with van der Waals surface area (Å²) in [5.41, 5.74) is 2.42. The second-order valence-corrected chi connectivity index (χ2v) is 3.89. The molecule has 0 aliphatic rings. The van der Waals surface area contributed by atoms with Gasteiger partial charge in [-0.2, -0.15) is 0 Å². The fourth-order valence-electron chi connectivity index (χ4n) is 1.97. The van der Waals surface area contributed by atoms with Gasteiger partial charge in [-0.15, -0.1) is 0 Å². The minimum absolute atomic E-state index is 1.21. The Balaban J connectivity index is 0.000000169. The predicted molar refractivity (Wildman–Crippen MR) is 72.3 cm³/mol. The van der Waals surface area contributed by atoms with Gasteiger partial charge < -0.3 is 9.40 Å². The molecular weight excluding hydrogens is 224 g/mol. The van der Waals surface area contributed by atoms with Crippen molar-refractivity contribution in [3.05, 3.63) is 67.4 Å². The van der Waals surface area contributed by atoms with E-state index in [2.05, 4.69) is 62.9 Å². The lowest BCUT2D eigenvalue weighted by Crippen LogP contribution is -1.62. The van der Waals surface area contributed by atoms with Crippen molar-refractivity contribution in [2.75, 3.05) is 0 Å². The molecule has 0 aliphatic heterocycles. The molecule has 3 heteroatoms. The van der Waals surface area contributed by atoms with E-state index in [1.54, 1.807) is 6.20 Å². The lowest BCUT2D eigenvalue weighted by atomic mass is 10.2. The van der Waals surface area contributed by atoms with Crippen LogP contribution in [-0.4, -0.2) is 9.97 Å². The number of hydrogen-bond acceptors (Lipinski definition) is 2. The monoisotopic (exact) mass is 236 g/mol. The van der Waals surface area contributed by atoms with E-state index in [0.717, 1.165) is 0 Å². The molecule has 88 valence electrons. The SMILES string of the molecule is c1ccc2c(c1)[nH]c1ccccc12.c1cocn1. The van der Waals surface area contributed by atoms with Crippen molar-refractivity contribution < 1.29 is 4.42 Å². The zero-order valence-electron chi connectivity index (χ0n) is 9.71. The van der Waals surface area contributed by atoms with Gasteiger partial charge in [0.05, 0.1) is 6.20 Å². The molecule has 4 aromatic rings. The molecule has 3 nitrogen and oxygen atoms in total. The highest BCUT2D eigenvalue weighted by atomic mass is 16.3. The number of H-pyrrole nitrogens is 1. The molecule has 0 bridgehead atoms. The molecule has 1 N–H and O–H groups in total. The second kappa shape index (κ2) is 4.75. The topological polar surface area (TPSA) is 41.8 Å². The number of para-hydroxylation sites is 2. The molecule has 0 spiro atoms. The molecule has 0 amide bonds. The predicted octanol–water partition coefficient (Wildman–Crippen LogP) is 4.00. The molecule has 2 aromatic carbocycles. The van der Waals surface area contributed by atoms with Gasteiger partial charge in [0.15, 0.2) is 6.39 Å². The van der Waals surface area contributed by atoms with Crippen molar-refractivity contribution >= 4 is 21.8 Å². The van der Waals surface area contributed by atoms with Gasteiger partial charge in [0.2, 0.25) is 0 Å². The minimum atomic E-state index is 1.21. The number of aromatic nitrogens is 2. The molecule has 2 heterocycles. The summed E-state index contributed by atoms with van der Waals surface area (Å²) in [6.07, 6.45) is 4.47. The molecule has 0 fully saturated rings. The normalized spacial score (nSPS) is 10.2. The third-order valence-electron chi connectivity index (χ3n) is 2.76. The number of nitrogens with one attached hydrogen (secondary N) is 1. The van der Waals surface area contributed by atoms with E-state index in [1.165, 1.54) is 34.5 Å². The molecule has 18 heavy (non-hydrogen) atoms. The van der Waals surface area contributed by atoms with Crippen LogP contribution in [0.2, 0.25) is 0 Å². The Morgan fingerprint density at radius 1 is 0.833 bits per heavy atom. The van der Waals surface area contributed by atoms with Crippen molar-refractivity contribution in [3.8, 4) is 0 Å². The highest BCUT2D eigenvalue weighted by molar-refractivity contribution is 6.06. The summed E-state index contributed by atoms with van der Waals surface area (Å²) in [6, 6.07) is 16.8. The first-order valence-corrected chi connectivity index (χ1v) is 5.73. The van der Waals surface area contributed by atoms with Crippen LogP contribution in [0.3, 0.4) is 0 Å². The Morgan fingerprint density at radius 3 is 1.89 bits per heavy atom. The van der Waals surface area contributed by atoms with Crippen LogP contribution in [0.5, 0.6) is 0 Å². The first kappa shape index (κ1) is 10.6. The van der Waals surface area contributed by atoms with Gasteiger partial charge in [0.1, 0.15) is 6.26 Å². The van der Waals surface area contributed by atoms with E-state index in [9.17, 15) is 0 Å². The summed E-state index contributed by atoms with van der Waals surface area (Å²) < 4.78 is 4.47. The van der Waals surface area contributed by atoms with Gasteiger partial charge in [-0.3, -0.25) is 0 Å². The van der Waals surface area contributed by atoms with Gasteiger partial charge >= 0.3 is 0 Å². The zero-order chi connectivity index (χ0) is 12.2. The first-order valence-electron chi connectivity index (χ1n) is 5.73. The standard InChI is InChI=1S/C12H9N.C3H3NO/c1-3-7-11-9(5-1)10-6-2-4-8-12(10)13-11;1-2-5-3-4-1/h1-8,13H;1-3H. The average Bonchev–Trinajstić information content (AvgIpc) is 3.10.